The van der Waals surface area contributed by atoms with Crippen molar-refractivity contribution >= 4 is 17.5 Å². The van der Waals surface area contributed by atoms with E-state index in [-0.39, 0.29) is 17.0 Å². The van der Waals surface area contributed by atoms with E-state index in [1.807, 2.05) is 62.4 Å². The lowest BCUT2D eigenvalue weighted by Gasteiger charge is -2.23. The molecule has 6 heteroatoms. The van der Waals surface area contributed by atoms with Gasteiger partial charge in [-0.05, 0) is 38.1 Å². The Morgan fingerprint density at radius 2 is 1.33 bits per heavy atom. The third-order valence-corrected chi connectivity index (χ3v) is 3.19. The summed E-state index contributed by atoms with van der Waals surface area (Å²) < 4.78 is 13.6. The lowest BCUT2D eigenvalue weighted by Crippen LogP contribution is -3.00. The van der Waals surface area contributed by atoms with Crippen molar-refractivity contribution in [2.75, 3.05) is 10.2 Å². The Hall–Kier alpha value is -1.92. The number of amidine groups is 1. The molecule has 4 nitrogen and oxygen atoms in total. The summed E-state index contributed by atoms with van der Waals surface area (Å²) in [7, 11) is 0. The molecule has 0 fully saturated rings. The summed E-state index contributed by atoms with van der Waals surface area (Å²) in [6.07, 6.45) is -0.508. The molecule has 21 heavy (non-hydrogen) atoms. The molecule has 0 aromatic heterocycles. The van der Waals surface area contributed by atoms with Gasteiger partial charge in [0.15, 0.2) is 0 Å². The van der Waals surface area contributed by atoms with Crippen LogP contribution in [0.4, 0.5) is 15.8 Å². The minimum Gasteiger partial charge on any atom is -1.00 e. The Balaban J connectivity index is 0.00000161. The molecule has 2 aromatic rings. The van der Waals surface area contributed by atoms with Gasteiger partial charge in [0.05, 0.1) is 5.69 Å². The van der Waals surface area contributed by atoms with Crippen LogP contribution in [-0.4, -0.2) is 6.09 Å². The van der Waals surface area contributed by atoms with Crippen molar-refractivity contribution in [1.29, 1.82) is 0 Å². The predicted molar refractivity (Wildman–Crippen MR) is 77.8 cm³/mol. The summed E-state index contributed by atoms with van der Waals surface area (Å²) in [5.74, 6) is 0. The number of quaternary nitrogens is 1. The average molecular weight is 351 g/mol. The molecule has 0 bridgehead atoms. The number of hydrogen-bond donors (Lipinski definition) is 1. The summed E-state index contributed by atoms with van der Waals surface area (Å²) >= 11 is 0. The zero-order valence-electron chi connectivity index (χ0n) is 11.8. The summed E-state index contributed by atoms with van der Waals surface area (Å²) in [4.78, 5) is 0. The van der Waals surface area contributed by atoms with Crippen LogP contribution < -0.4 is 32.6 Å². The molecule has 0 amide bonds. The fourth-order valence-electron chi connectivity index (χ4n) is 2.06. The quantitative estimate of drug-likeness (QED) is 0.572. The van der Waals surface area contributed by atoms with Crippen molar-refractivity contribution in [1.82, 2.24) is 0 Å². The molecule has 1 aliphatic rings. The van der Waals surface area contributed by atoms with Gasteiger partial charge in [0.1, 0.15) is 5.69 Å². The van der Waals surface area contributed by atoms with Gasteiger partial charge in [-0.15, -0.1) is 20.1 Å². The lowest BCUT2D eigenvalue weighted by atomic mass is 10.2. The second kappa shape index (κ2) is 6.24. The number of nitrogens with zero attached hydrogens (tertiary/aromatic N) is 3. The summed E-state index contributed by atoms with van der Waals surface area (Å²) in [6, 6.07) is 15.7. The normalized spacial score (nSPS) is 14.0. The number of benzene rings is 2. The van der Waals surface area contributed by atoms with Crippen molar-refractivity contribution in [3.63, 3.8) is 0 Å². The van der Waals surface area contributed by atoms with Gasteiger partial charge in [-0.3, -0.25) is 0 Å². The Morgan fingerprint density at radius 1 is 0.857 bits per heavy atom. The Labute approximate surface area is 133 Å². The van der Waals surface area contributed by atoms with Crippen LogP contribution in [-0.2, 0) is 0 Å². The molecule has 0 saturated carbocycles. The number of hydrazone groups is 1. The highest BCUT2D eigenvalue weighted by atomic mass is 79.9. The molecule has 1 aliphatic heterocycles. The van der Waals surface area contributed by atoms with E-state index in [1.165, 1.54) is 5.43 Å². The maximum atomic E-state index is 13.6. The number of aryl methyl sites for hydroxylation is 2. The second-order valence-electron chi connectivity index (χ2n) is 4.86. The standard InChI is InChI=1S/C15H15FN4.BrH/c1-11-3-7-13(8-4-11)19-17-15(16)18-20(19)14-9-5-12(2)6-10-14;/h3-10H,1-2H3,(H,17,18);1H. The molecule has 3 rings (SSSR count). The number of nitrogens with two attached hydrogens (primary N) is 1. The first-order chi connectivity index (χ1) is 9.63. The average Bonchev–Trinajstić information content (AvgIpc) is 2.82. The van der Waals surface area contributed by atoms with Gasteiger partial charge in [0.2, 0.25) is 0 Å². The third-order valence-electron chi connectivity index (χ3n) is 3.19. The Kier molecular flexibility index (Phi) is 4.59. The highest BCUT2D eigenvalue weighted by Crippen LogP contribution is 2.22. The zero-order chi connectivity index (χ0) is 14.1. The molecular weight excluding hydrogens is 335 g/mol. The molecule has 0 aliphatic carbocycles. The van der Waals surface area contributed by atoms with Gasteiger partial charge >= 0.3 is 6.09 Å². The fourth-order valence-corrected chi connectivity index (χ4v) is 2.06. The molecular formula is C15H16BrFN4. The SMILES string of the molecule is Cc1ccc(N2N=C(F)[NH2+]N2c2ccc(C)cc2)cc1.[Br-]. The number of hydrogen-bond acceptors (Lipinski definition) is 3. The van der Waals surface area contributed by atoms with Crippen molar-refractivity contribution in [2.45, 2.75) is 13.8 Å². The van der Waals surface area contributed by atoms with E-state index in [9.17, 15) is 4.39 Å². The van der Waals surface area contributed by atoms with Crippen molar-refractivity contribution in [2.24, 2.45) is 5.10 Å². The van der Waals surface area contributed by atoms with Crippen molar-refractivity contribution in [3.05, 3.63) is 59.7 Å². The van der Waals surface area contributed by atoms with Gasteiger partial charge in [-0.2, -0.15) is 0 Å². The monoisotopic (exact) mass is 350 g/mol. The summed E-state index contributed by atoms with van der Waals surface area (Å²) in [6.45, 7) is 4.04. The van der Waals surface area contributed by atoms with E-state index in [0.29, 0.717) is 0 Å². The van der Waals surface area contributed by atoms with E-state index in [1.54, 1.807) is 10.2 Å². The fraction of sp³-hybridized carbons (Fsp3) is 0.133. The minimum absolute atomic E-state index is 0. The Bertz CT molecular complexity index is 640. The molecule has 2 N–H and O–H groups in total. The maximum Gasteiger partial charge on any atom is 0.431 e. The van der Waals surface area contributed by atoms with Crippen LogP contribution in [0.2, 0.25) is 0 Å². The van der Waals surface area contributed by atoms with Crippen LogP contribution >= 0.6 is 0 Å². The van der Waals surface area contributed by atoms with Gasteiger partial charge in [-0.1, -0.05) is 40.5 Å². The van der Waals surface area contributed by atoms with Gasteiger partial charge in [0, 0.05) is 0 Å². The van der Waals surface area contributed by atoms with Crippen molar-refractivity contribution < 1.29 is 26.8 Å². The first kappa shape index (κ1) is 15.5. The van der Waals surface area contributed by atoms with Crippen LogP contribution in [0.3, 0.4) is 0 Å². The molecule has 110 valence electrons. The largest absolute Gasteiger partial charge is 1.00 e. The zero-order valence-corrected chi connectivity index (χ0v) is 13.4. The number of hydrazine groups is 1. The number of anilines is 2. The molecule has 1 heterocycles. The topological polar surface area (TPSA) is 35.5 Å². The van der Waals surface area contributed by atoms with Gasteiger partial charge in [-0.25, -0.2) is 0 Å². The third kappa shape index (κ3) is 3.22. The van der Waals surface area contributed by atoms with Crippen LogP contribution in [0.15, 0.2) is 53.6 Å². The summed E-state index contributed by atoms with van der Waals surface area (Å²) in [5.41, 5.74) is 5.39. The first-order valence-electron chi connectivity index (χ1n) is 6.45. The first-order valence-corrected chi connectivity index (χ1v) is 6.45. The smallest absolute Gasteiger partial charge is 0.431 e. The van der Waals surface area contributed by atoms with Crippen LogP contribution in [0.25, 0.3) is 0 Å². The van der Waals surface area contributed by atoms with Crippen LogP contribution in [0.1, 0.15) is 11.1 Å². The molecule has 0 atom stereocenters. The van der Waals surface area contributed by atoms with E-state index in [0.717, 1.165) is 22.5 Å². The number of rotatable bonds is 2. The van der Waals surface area contributed by atoms with E-state index in [4.69, 9.17) is 0 Å². The summed E-state index contributed by atoms with van der Waals surface area (Å²) in [5, 5.41) is 7.17. The predicted octanol–water partition coefficient (Wildman–Crippen LogP) is -0.732. The highest BCUT2D eigenvalue weighted by molar-refractivity contribution is 5.70. The molecule has 0 unspecified atom stereocenters. The maximum absolute atomic E-state index is 13.6. The van der Waals surface area contributed by atoms with E-state index in [2.05, 4.69) is 5.10 Å². The molecule has 0 radical (unpaired) electrons. The van der Waals surface area contributed by atoms with E-state index >= 15 is 0 Å². The van der Waals surface area contributed by atoms with Crippen LogP contribution in [0, 0.1) is 13.8 Å². The molecule has 0 spiro atoms. The molecule has 0 saturated heterocycles. The lowest BCUT2D eigenvalue weighted by molar-refractivity contribution is -0.556. The second-order valence-corrected chi connectivity index (χ2v) is 4.86. The van der Waals surface area contributed by atoms with E-state index < -0.39 is 6.09 Å². The van der Waals surface area contributed by atoms with Gasteiger partial charge < -0.3 is 17.0 Å². The molecule has 2 aromatic carbocycles. The number of halogens is 2. The van der Waals surface area contributed by atoms with Crippen molar-refractivity contribution in [3.8, 4) is 0 Å². The highest BCUT2D eigenvalue weighted by Gasteiger charge is 2.30. The minimum atomic E-state index is -0.508. The van der Waals surface area contributed by atoms with Crippen LogP contribution in [0.5, 0.6) is 0 Å². The van der Waals surface area contributed by atoms with Gasteiger partial charge in [0.25, 0.3) is 0 Å². The Morgan fingerprint density at radius 3 is 1.86 bits per heavy atom.